The van der Waals surface area contributed by atoms with Crippen molar-refractivity contribution in [2.45, 2.75) is 31.1 Å². The third-order valence-corrected chi connectivity index (χ3v) is 8.67. The van der Waals surface area contributed by atoms with E-state index in [1.165, 1.54) is 23.9 Å². The first-order valence-electron chi connectivity index (χ1n) is 9.84. The number of amidine groups is 1. The number of aryl methyl sites for hydroxylation is 1. The molecular formula is C22H23FN2O3S2. The van der Waals surface area contributed by atoms with Crippen molar-refractivity contribution >= 4 is 32.7 Å². The highest BCUT2D eigenvalue weighted by atomic mass is 32.2. The SMILES string of the molecule is Cc1ccc(CC(=O)N=C2S[C@H]3CS(=O)(=O)C[C@@H]3N2CCc2ccc(F)cc2)cc1. The van der Waals surface area contributed by atoms with Gasteiger partial charge in [0, 0.05) is 11.8 Å². The van der Waals surface area contributed by atoms with Crippen LogP contribution >= 0.6 is 11.8 Å². The average molecular weight is 447 g/mol. The van der Waals surface area contributed by atoms with Crippen molar-refractivity contribution < 1.29 is 17.6 Å². The fourth-order valence-corrected chi connectivity index (χ4v) is 7.82. The molecule has 2 aliphatic heterocycles. The van der Waals surface area contributed by atoms with E-state index < -0.39 is 9.84 Å². The fraction of sp³-hybridized carbons (Fsp3) is 0.364. The summed E-state index contributed by atoms with van der Waals surface area (Å²) in [6, 6.07) is 13.9. The Morgan fingerprint density at radius 2 is 1.77 bits per heavy atom. The zero-order valence-electron chi connectivity index (χ0n) is 16.6. The summed E-state index contributed by atoms with van der Waals surface area (Å²) < 4.78 is 37.4. The molecule has 2 fully saturated rings. The van der Waals surface area contributed by atoms with Crippen LogP contribution in [0, 0.1) is 12.7 Å². The molecule has 2 saturated heterocycles. The lowest BCUT2D eigenvalue weighted by Crippen LogP contribution is -2.39. The molecular weight excluding hydrogens is 423 g/mol. The summed E-state index contributed by atoms with van der Waals surface area (Å²) in [6.07, 6.45) is 0.832. The maximum Gasteiger partial charge on any atom is 0.252 e. The van der Waals surface area contributed by atoms with Crippen molar-refractivity contribution in [2.75, 3.05) is 18.1 Å². The Morgan fingerprint density at radius 3 is 2.47 bits per heavy atom. The van der Waals surface area contributed by atoms with E-state index in [-0.39, 0.29) is 40.9 Å². The summed E-state index contributed by atoms with van der Waals surface area (Å²) >= 11 is 1.39. The van der Waals surface area contributed by atoms with Crippen molar-refractivity contribution in [1.82, 2.24) is 4.90 Å². The average Bonchev–Trinajstić information content (AvgIpc) is 3.14. The number of thioether (sulfide) groups is 1. The molecule has 2 aliphatic rings. The molecule has 0 spiro atoms. The monoisotopic (exact) mass is 446 g/mol. The summed E-state index contributed by atoms with van der Waals surface area (Å²) in [6.45, 7) is 2.53. The Morgan fingerprint density at radius 1 is 1.10 bits per heavy atom. The second-order valence-electron chi connectivity index (χ2n) is 7.82. The molecule has 0 aliphatic carbocycles. The number of hydrogen-bond acceptors (Lipinski definition) is 4. The van der Waals surface area contributed by atoms with Crippen molar-refractivity contribution in [3.8, 4) is 0 Å². The number of rotatable bonds is 5. The van der Waals surface area contributed by atoms with Gasteiger partial charge in [-0.1, -0.05) is 53.7 Å². The molecule has 2 heterocycles. The summed E-state index contributed by atoms with van der Waals surface area (Å²) in [5, 5.41) is 0.494. The number of carbonyl (C=O) groups is 1. The molecule has 0 N–H and O–H groups in total. The van der Waals surface area contributed by atoms with Gasteiger partial charge in [0.2, 0.25) is 0 Å². The van der Waals surface area contributed by atoms with E-state index in [4.69, 9.17) is 0 Å². The lowest BCUT2D eigenvalue weighted by molar-refractivity contribution is -0.117. The Kier molecular flexibility index (Phi) is 5.97. The van der Waals surface area contributed by atoms with E-state index in [0.29, 0.717) is 18.1 Å². The van der Waals surface area contributed by atoms with Gasteiger partial charge < -0.3 is 4.90 Å². The topological polar surface area (TPSA) is 66.8 Å². The molecule has 2 aromatic carbocycles. The first-order chi connectivity index (χ1) is 14.3. The Labute approximate surface area is 180 Å². The van der Waals surface area contributed by atoms with Crippen LogP contribution in [0.4, 0.5) is 4.39 Å². The molecule has 4 rings (SSSR count). The second kappa shape index (κ2) is 8.51. The number of sulfone groups is 1. The maximum atomic E-state index is 13.2. The summed E-state index contributed by atoms with van der Waals surface area (Å²) in [4.78, 5) is 18.9. The van der Waals surface area contributed by atoms with E-state index in [1.54, 1.807) is 12.1 Å². The number of hydrogen-bond donors (Lipinski definition) is 0. The van der Waals surface area contributed by atoms with Crippen LogP contribution in [-0.4, -0.2) is 53.7 Å². The number of halogens is 1. The molecule has 0 aromatic heterocycles. The van der Waals surface area contributed by atoms with Gasteiger partial charge in [-0.05, 0) is 36.6 Å². The molecule has 0 saturated carbocycles. The number of aliphatic imine (C=N–C) groups is 1. The highest BCUT2D eigenvalue weighted by Crippen LogP contribution is 2.38. The molecule has 5 nitrogen and oxygen atoms in total. The number of carbonyl (C=O) groups excluding carboxylic acids is 1. The summed E-state index contributed by atoms with van der Waals surface area (Å²) in [7, 11) is -3.08. The summed E-state index contributed by atoms with van der Waals surface area (Å²) in [5.74, 6) is -0.336. The van der Waals surface area contributed by atoms with Gasteiger partial charge in [0.25, 0.3) is 5.91 Å². The van der Waals surface area contributed by atoms with Crippen LogP contribution in [-0.2, 0) is 27.5 Å². The van der Waals surface area contributed by atoms with Crippen LogP contribution in [0.5, 0.6) is 0 Å². The van der Waals surface area contributed by atoms with Crippen LogP contribution in [0.25, 0.3) is 0 Å². The first-order valence-corrected chi connectivity index (χ1v) is 12.5. The Balaban J connectivity index is 1.50. The van der Waals surface area contributed by atoms with Crippen molar-refractivity contribution in [1.29, 1.82) is 0 Å². The Bertz CT molecular complexity index is 1070. The van der Waals surface area contributed by atoms with Gasteiger partial charge in [-0.3, -0.25) is 4.79 Å². The number of benzene rings is 2. The molecule has 0 radical (unpaired) electrons. The molecule has 2 atom stereocenters. The minimum atomic E-state index is -3.08. The number of fused-ring (bicyclic) bond motifs is 1. The number of amides is 1. The van der Waals surface area contributed by atoms with Gasteiger partial charge in [-0.2, -0.15) is 4.99 Å². The van der Waals surface area contributed by atoms with Crippen LogP contribution < -0.4 is 0 Å². The quantitative estimate of drug-likeness (QED) is 0.706. The molecule has 2 aromatic rings. The van der Waals surface area contributed by atoms with Crippen LogP contribution in [0.15, 0.2) is 53.5 Å². The highest BCUT2D eigenvalue weighted by molar-refractivity contribution is 8.15. The van der Waals surface area contributed by atoms with E-state index in [1.807, 2.05) is 36.1 Å². The molecule has 158 valence electrons. The largest absolute Gasteiger partial charge is 0.346 e. The predicted molar refractivity (Wildman–Crippen MR) is 118 cm³/mol. The predicted octanol–water partition coefficient (Wildman–Crippen LogP) is 3.02. The summed E-state index contributed by atoms with van der Waals surface area (Å²) in [5.41, 5.74) is 2.99. The van der Waals surface area contributed by atoms with Gasteiger partial charge in [-0.15, -0.1) is 0 Å². The minimum absolute atomic E-state index is 0.0826. The second-order valence-corrected chi connectivity index (χ2v) is 11.2. The number of nitrogens with zero attached hydrogens (tertiary/aromatic N) is 2. The van der Waals surface area contributed by atoms with Gasteiger partial charge in [0.05, 0.1) is 24.0 Å². The Hall–Kier alpha value is -2.19. The minimum Gasteiger partial charge on any atom is -0.346 e. The van der Waals surface area contributed by atoms with Gasteiger partial charge in [-0.25, -0.2) is 12.8 Å². The van der Waals surface area contributed by atoms with Crippen LogP contribution in [0.1, 0.15) is 16.7 Å². The van der Waals surface area contributed by atoms with Crippen molar-refractivity contribution in [3.63, 3.8) is 0 Å². The fourth-order valence-electron chi connectivity index (χ4n) is 3.82. The molecule has 8 heteroatoms. The van der Waals surface area contributed by atoms with Crippen LogP contribution in [0.2, 0.25) is 0 Å². The standard InChI is InChI=1S/C22H23FN2O3S2/c1-15-2-4-17(5-3-15)12-21(26)24-22-25(11-10-16-6-8-18(23)9-7-16)19-13-30(27,28)14-20(19)29-22/h2-9,19-20H,10-14H2,1H3/t19-,20-/m0/s1. The third-order valence-electron chi connectivity index (χ3n) is 5.43. The zero-order valence-corrected chi connectivity index (χ0v) is 18.3. The molecule has 0 unspecified atom stereocenters. The smallest absolute Gasteiger partial charge is 0.252 e. The highest BCUT2D eigenvalue weighted by Gasteiger charge is 2.48. The third kappa shape index (κ3) is 4.92. The van der Waals surface area contributed by atoms with E-state index in [2.05, 4.69) is 4.99 Å². The lowest BCUT2D eigenvalue weighted by atomic mass is 10.1. The lowest BCUT2D eigenvalue weighted by Gasteiger charge is -2.24. The van der Waals surface area contributed by atoms with E-state index in [0.717, 1.165) is 16.7 Å². The molecule has 0 bridgehead atoms. The van der Waals surface area contributed by atoms with E-state index >= 15 is 0 Å². The zero-order chi connectivity index (χ0) is 21.3. The van der Waals surface area contributed by atoms with Crippen LogP contribution in [0.3, 0.4) is 0 Å². The van der Waals surface area contributed by atoms with Gasteiger partial charge in [0.15, 0.2) is 15.0 Å². The maximum absolute atomic E-state index is 13.2. The van der Waals surface area contributed by atoms with Gasteiger partial charge >= 0.3 is 0 Å². The van der Waals surface area contributed by atoms with E-state index in [9.17, 15) is 17.6 Å². The van der Waals surface area contributed by atoms with Crippen molar-refractivity contribution in [3.05, 3.63) is 71.0 Å². The van der Waals surface area contributed by atoms with Gasteiger partial charge in [0.1, 0.15) is 5.82 Å². The molecule has 1 amide bonds. The molecule has 30 heavy (non-hydrogen) atoms. The van der Waals surface area contributed by atoms with Crippen molar-refractivity contribution in [2.24, 2.45) is 4.99 Å². The first kappa shape index (κ1) is 21.1. The normalized spacial score (nSPS) is 23.7.